The van der Waals surface area contributed by atoms with E-state index in [0.29, 0.717) is 15.7 Å². The summed E-state index contributed by atoms with van der Waals surface area (Å²) in [7, 11) is 0. The van der Waals surface area contributed by atoms with Crippen molar-refractivity contribution in [2.75, 3.05) is 17.2 Å². The van der Waals surface area contributed by atoms with Crippen LogP contribution < -0.4 is 10.6 Å². The highest BCUT2D eigenvalue weighted by Crippen LogP contribution is 2.24. The fourth-order valence-corrected chi connectivity index (χ4v) is 1.82. The van der Waals surface area contributed by atoms with Crippen LogP contribution in [0.2, 0.25) is 10.0 Å². The molecule has 5 heteroatoms. The molecule has 2 N–H and O–H groups in total. The Morgan fingerprint density at radius 1 is 0.947 bits per heavy atom. The van der Waals surface area contributed by atoms with Crippen LogP contribution in [-0.4, -0.2) is 12.5 Å². The Kier molecular flexibility index (Phi) is 4.66. The molecule has 0 aliphatic carbocycles. The second kappa shape index (κ2) is 6.45. The zero-order chi connectivity index (χ0) is 13.7. The topological polar surface area (TPSA) is 41.1 Å². The van der Waals surface area contributed by atoms with Crippen molar-refractivity contribution in [3.8, 4) is 0 Å². The van der Waals surface area contributed by atoms with Gasteiger partial charge in [-0.2, -0.15) is 0 Å². The molecule has 0 aliphatic rings. The molecule has 2 aromatic carbocycles. The number of amides is 1. The Balaban J connectivity index is 1.89. The van der Waals surface area contributed by atoms with Crippen molar-refractivity contribution >= 4 is 40.5 Å². The van der Waals surface area contributed by atoms with Crippen molar-refractivity contribution in [1.82, 2.24) is 0 Å². The van der Waals surface area contributed by atoms with Crippen LogP contribution in [0.1, 0.15) is 0 Å². The highest BCUT2D eigenvalue weighted by molar-refractivity contribution is 6.42. The summed E-state index contributed by atoms with van der Waals surface area (Å²) in [5, 5.41) is 6.63. The lowest BCUT2D eigenvalue weighted by Gasteiger charge is -2.08. The average molecular weight is 295 g/mol. The summed E-state index contributed by atoms with van der Waals surface area (Å²) in [6.45, 7) is 0.185. The number of benzene rings is 2. The molecule has 2 rings (SSSR count). The van der Waals surface area contributed by atoms with Gasteiger partial charge >= 0.3 is 0 Å². The Morgan fingerprint density at radius 2 is 1.68 bits per heavy atom. The molecule has 0 atom stereocenters. The maximum absolute atomic E-state index is 11.7. The van der Waals surface area contributed by atoms with E-state index in [4.69, 9.17) is 23.2 Å². The molecule has 0 spiro atoms. The molecular weight excluding hydrogens is 283 g/mol. The van der Waals surface area contributed by atoms with Crippen molar-refractivity contribution < 1.29 is 4.79 Å². The van der Waals surface area contributed by atoms with Crippen LogP contribution in [-0.2, 0) is 4.79 Å². The molecule has 0 aromatic heterocycles. The van der Waals surface area contributed by atoms with E-state index in [9.17, 15) is 4.79 Å². The number of hydrogen-bond acceptors (Lipinski definition) is 2. The van der Waals surface area contributed by atoms with E-state index in [2.05, 4.69) is 10.6 Å². The molecule has 0 heterocycles. The largest absolute Gasteiger partial charge is 0.376 e. The minimum absolute atomic E-state index is 0.151. The highest BCUT2D eigenvalue weighted by atomic mass is 35.5. The molecule has 0 saturated heterocycles. The number of nitrogens with one attached hydrogen (secondary N) is 2. The van der Waals surface area contributed by atoms with Crippen LogP contribution in [0.5, 0.6) is 0 Å². The first-order valence-electron chi connectivity index (χ1n) is 5.69. The molecule has 0 saturated carbocycles. The Labute approximate surface area is 121 Å². The summed E-state index contributed by atoms with van der Waals surface area (Å²) in [6, 6.07) is 14.5. The second-order valence-corrected chi connectivity index (χ2v) is 4.71. The first-order chi connectivity index (χ1) is 9.15. The molecule has 19 heavy (non-hydrogen) atoms. The van der Waals surface area contributed by atoms with Gasteiger partial charge in [0, 0.05) is 11.4 Å². The highest BCUT2D eigenvalue weighted by Gasteiger charge is 2.04. The van der Waals surface area contributed by atoms with Crippen LogP contribution >= 0.6 is 23.2 Å². The molecule has 0 aliphatic heterocycles. The minimum atomic E-state index is -0.151. The van der Waals surface area contributed by atoms with E-state index < -0.39 is 0 Å². The number of carbonyl (C=O) groups is 1. The third-order valence-electron chi connectivity index (χ3n) is 2.43. The lowest BCUT2D eigenvalue weighted by Crippen LogP contribution is -2.21. The predicted octanol–water partition coefficient (Wildman–Crippen LogP) is 4.04. The standard InChI is InChI=1S/C14H12Cl2N2O/c15-12-7-6-11(8-13(12)16)18-14(19)9-17-10-4-2-1-3-5-10/h1-8,17H,9H2,(H,18,19). The molecule has 1 amide bonds. The number of anilines is 2. The van der Waals surface area contributed by atoms with Gasteiger partial charge < -0.3 is 10.6 Å². The van der Waals surface area contributed by atoms with E-state index in [1.165, 1.54) is 0 Å². The smallest absolute Gasteiger partial charge is 0.243 e. The van der Waals surface area contributed by atoms with Gasteiger partial charge in [-0.15, -0.1) is 0 Å². The summed E-state index contributed by atoms with van der Waals surface area (Å²) >= 11 is 11.7. The number of carbonyl (C=O) groups excluding carboxylic acids is 1. The number of halogens is 2. The lowest BCUT2D eigenvalue weighted by atomic mass is 10.3. The first kappa shape index (κ1) is 13.7. The SMILES string of the molecule is O=C(CNc1ccccc1)Nc1ccc(Cl)c(Cl)c1. The molecule has 2 aromatic rings. The fraction of sp³-hybridized carbons (Fsp3) is 0.0714. The zero-order valence-electron chi connectivity index (χ0n) is 9.99. The van der Waals surface area contributed by atoms with Gasteiger partial charge in [0.25, 0.3) is 0 Å². The van der Waals surface area contributed by atoms with Crippen LogP contribution in [0.3, 0.4) is 0 Å². The quantitative estimate of drug-likeness (QED) is 0.893. The minimum Gasteiger partial charge on any atom is -0.376 e. The van der Waals surface area contributed by atoms with Crippen molar-refractivity contribution in [1.29, 1.82) is 0 Å². The van der Waals surface area contributed by atoms with Crippen LogP contribution in [0, 0.1) is 0 Å². The van der Waals surface area contributed by atoms with Gasteiger partial charge in [-0.05, 0) is 30.3 Å². The molecule has 0 fully saturated rings. The number of hydrogen-bond donors (Lipinski definition) is 2. The molecule has 3 nitrogen and oxygen atoms in total. The third kappa shape index (κ3) is 4.16. The molecule has 98 valence electrons. The fourth-order valence-electron chi connectivity index (χ4n) is 1.52. The monoisotopic (exact) mass is 294 g/mol. The van der Waals surface area contributed by atoms with Crippen LogP contribution in [0.25, 0.3) is 0 Å². The van der Waals surface area contributed by atoms with E-state index in [-0.39, 0.29) is 12.5 Å². The summed E-state index contributed by atoms with van der Waals surface area (Å²) in [4.78, 5) is 11.7. The molecule has 0 bridgehead atoms. The lowest BCUT2D eigenvalue weighted by molar-refractivity contribution is -0.114. The number of para-hydroxylation sites is 1. The van der Waals surface area contributed by atoms with Gasteiger partial charge in [-0.1, -0.05) is 41.4 Å². The van der Waals surface area contributed by atoms with E-state index in [1.54, 1.807) is 18.2 Å². The maximum atomic E-state index is 11.7. The summed E-state index contributed by atoms with van der Waals surface area (Å²) < 4.78 is 0. The average Bonchev–Trinajstić information content (AvgIpc) is 2.42. The van der Waals surface area contributed by atoms with E-state index in [1.807, 2.05) is 30.3 Å². The maximum Gasteiger partial charge on any atom is 0.243 e. The van der Waals surface area contributed by atoms with Crippen molar-refractivity contribution in [2.24, 2.45) is 0 Å². The van der Waals surface area contributed by atoms with Crippen molar-refractivity contribution in [3.05, 3.63) is 58.6 Å². The number of rotatable bonds is 4. The van der Waals surface area contributed by atoms with E-state index >= 15 is 0 Å². The van der Waals surface area contributed by atoms with Gasteiger partial charge in [-0.3, -0.25) is 4.79 Å². The zero-order valence-corrected chi connectivity index (χ0v) is 11.5. The Hall–Kier alpha value is -1.71. The van der Waals surface area contributed by atoms with Crippen LogP contribution in [0.4, 0.5) is 11.4 Å². The molecular formula is C14H12Cl2N2O. The normalized spacial score (nSPS) is 10.0. The van der Waals surface area contributed by atoms with Crippen molar-refractivity contribution in [3.63, 3.8) is 0 Å². The summed E-state index contributed by atoms with van der Waals surface area (Å²) in [5.74, 6) is -0.151. The second-order valence-electron chi connectivity index (χ2n) is 3.90. The van der Waals surface area contributed by atoms with Gasteiger partial charge in [-0.25, -0.2) is 0 Å². The predicted molar refractivity (Wildman–Crippen MR) is 80.0 cm³/mol. The first-order valence-corrected chi connectivity index (χ1v) is 6.44. The Morgan fingerprint density at radius 3 is 2.37 bits per heavy atom. The van der Waals surface area contributed by atoms with E-state index in [0.717, 1.165) is 5.69 Å². The van der Waals surface area contributed by atoms with Gasteiger partial charge in [0.2, 0.25) is 5.91 Å². The molecule has 0 unspecified atom stereocenters. The summed E-state index contributed by atoms with van der Waals surface area (Å²) in [5.41, 5.74) is 1.51. The van der Waals surface area contributed by atoms with Gasteiger partial charge in [0.15, 0.2) is 0 Å². The van der Waals surface area contributed by atoms with Crippen molar-refractivity contribution in [2.45, 2.75) is 0 Å². The van der Waals surface area contributed by atoms with Gasteiger partial charge in [0.05, 0.1) is 16.6 Å². The summed E-state index contributed by atoms with van der Waals surface area (Å²) in [6.07, 6.45) is 0. The molecule has 0 radical (unpaired) electrons. The Bertz CT molecular complexity index is 573. The van der Waals surface area contributed by atoms with Gasteiger partial charge in [0.1, 0.15) is 0 Å². The third-order valence-corrected chi connectivity index (χ3v) is 3.17. The van der Waals surface area contributed by atoms with Crippen LogP contribution in [0.15, 0.2) is 48.5 Å².